The van der Waals surface area contributed by atoms with Gasteiger partial charge in [0.1, 0.15) is 10.7 Å². The zero-order valence-corrected chi connectivity index (χ0v) is 11.5. The Bertz CT molecular complexity index is 302. The van der Waals surface area contributed by atoms with Crippen LogP contribution in [0.4, 0.5) is 0 Å². The molecule has 0 rings (SSSR count). The Morgan fingerprint density at radius 3 is 1.94 bits per heavy atom. The fourth-order valence-corrected chi connectivity index (χ4v) is 2.91. The summed E-state index contributed by atoms with van der Waals surface area (Å²) in [6.45, 7) is 0. The number of hydrogen-bond donors (Lipinski definition) is 0. The first-order valence-corrected chi connectivity index (χ1v) is 7.83. The lowest BCUT2D eigenvalue weighted by Gasteiger charge is -2.07. The third-order valence-electron chi connectivity index (χ3n) is 1.70. The van der Waals surface area contributed by atoms with Gasteiger partial charge in [-0.25, -0.2) is 0 Å². The standard InChI is InChI=1S/C7H12N2O4S3/c1-14-6(9(12)13)4-5(8(10)11)7(15-2)16-3/h6H,4H2,1-3H3. The summed E-state index contributed by atoms with van der Waals surface area (Å²) in [5.74, 6) is 0. The summed E-state index contributed by atoms with van der Waals surface area (Å²) >= 11 is 3.49. The van der Waals surface area contributed by atoms with Crippen LogP contribution in [0, 0.1) is 20.2 Å². The number of nitrogens with zero attached hydrogens (tertiary/aromatic N) is 2. The Morgan fingerprint density at radius 1 is 1.19 bits per heavy atom. The van der Waals surface area contributed by atoms with Crippen molar-refractivity contribution < 1.29 is 9.85 Å². The van der Waals surface area contributed by atoms with Crippen molar-refractivity contribution in [1.29, 1.82) is 0 Å². The van der Waals surface area contributed by atoms with Crippen LogP contribution in [0.2, 0.25) is 0 Å². The van der Waals surface area contributed by atoms with Crippen LogP contribution in [-0.4, -0.2) is 34.0 Å². The van der Waals surface area contributed by atoms with E-state index in [9.17, 15) is 20.2 Å². The second-order valence-electron chi connectivity index (χ2n) is 2.58. The minimum atomic E-state index is -0.963. The quantitative estimate of drug-likeness (QED) is 0.403. The van der Waals surface area contributed by atoms with Crippen molar-refractivity contribution in [3.8, 4) is 0 Å². The van der Waals surface area contributed by atoms with E-state index in [1.54, 1.807) is 18.8 Å². The van der Waals surface area contributed by atoms with Gasteiger partial charge in [-0.3, -0.25) is 20.2 Å². The smallest absolute Gasteiger partial charge is 0.263 e. The Hall–Kier alpha value is -0.410. The van der Waals surface area contributed by atoms with E-state index in [1.165, 1.54) is 23.5 Å². The first kappa shape index (κ1) is 15.6. The molecule has 0 radical (unpaired) electrons. The topological polar surface area (TPSA) is 86.3 Å². The molecular formula is C7H12N2O4S3. The van der Waals surface area contributed by atoms with E-state index >= 15 is 0 Å². The molecule has 0 aromatic heterocycles. The van der Waals surface area contributed by atoms with Gasteiger partial charge in [0.2, 0.25) is 0 Å². The largest absolute Gasteiger partial charge is 0.273 e. The number of hydrogen-bond acceptors (Lipinski definition) is 7. The number of rotatable bonds is 7. The Balaban J connectivity index is 5.02. The molecule has 0 aliphatic rings. The van der Waals surface area contributed by atoms with Crippen LogP contribution in [0.25, 0.3) is 0 Å². The average molecular weight is 284 g/mol. The first-order chi connectivity index (χ1) is 7.47. The van der Waals surface area contributed by atoms with Gasteiger partial charge >= 0.3 is 0 Å². The highest BCUT2D eigenvalue weighted by Crippen LogP contribution is 2.31. The van der Waals surface area contributed by atoms with Crippen molar-refractivity contribution in [3.63, 3.8) is 0 Å². The molecule has 16 heavy (non-hydrogen) atoms. The van der Waals surface area contributed by atoms with Gasteiger partial charge < -0.3 is 0 Å². The lowest BCUT2D eigenvalue weighted by molar-refractivity contribution is -0.504. The lowest BCUT2D eigenvalue weighted by atomic mass is 10.3. The van der Waals surface area contributed by atoms with Gasteiger partial charge in [0.25, 0.3) is 11.1 Å². The summed E-state index contributed by atoms with van der Waals surface area (Å²) in [6.07, 6.45) is 4.85. The van der Waals surface area contributed by atoms with E-state index in [0.717, 1.165) is 11.8 Å². The van der Waals surface area contributed by atoms with Crippen LogP contribution in [0.3, 0.4) is 0 Å². The third kappa shape index (κ3) is 4.62. The van der Waals surface area contributed by atoms with Crippen molar-refractivity contribution in [2.45, 2.75) is 11.8 Å². The maximum atomic E-state index is 10.8. The fraction of sp³-hybridized carbons (Fsp3) is 0.714. The highest BCUT2D eigenvalue weighted by molar-refractivity contribution is 8.21. The van der Waals surface area contributed by atoms with Gasteiger partial charge in [-0.05, 0) is 18.8 Å². The van der Waals surface area contributed by atoms with Crippen molar-refractivity contribution in [2.24, 2.45) is 0 Å². The molecular weight excluding hydrogens is 272 g/mol. The van der Waals surface area contributed by atoms with E-state index in [0.29, 0.717) is 4.24 Å². The molecule has 0 aliphatic carbocycles. The molecule has 0 aliphatic heterocycles. The molecule has 0 amide bonds. The minimum absolute atomic E-state index is 0.0731. The van der Waals surface area contributed by atoms with Crippen LogP contribution in [0.15, 0.2) is 9.93 Å². The Labute approximate surface area is 106 Å². The number of thioether (sulfide) groups is 3. The van der Waals surface area contributed by atoms with Gasteiger partial charge in [-0.1, -0.05) is 11.8 Å². The summed E-state index contributed by atoms with van der Waals surface area (Å²) in [5.41, 5.74) is -0.0731. The first-order valence-electron chi connectivity index (χ1n) is 4.09. The monoisotopic (exact) mass is 284 g/mol. The second kappa shape index (κ2) is 7.80. The molecule has 6 nitrogen and oxygen atoms in total. The van der Waals surface area contributed by atoms with Crippen molar-refractivity contribution in [1.82, 2.24) is 0 Å². The molecule has 1 unspecified atom stereocenters. The third-order valence-corrected chi connectivity index (χ3v) is 4.80. The van der Waals surface area contributed by atoms with Crippen LogP contribution < -0.4 is 0 Å². The fourth-order valence-electron chi connectivity index (χ4n) is 0.961. The SMILES string of the molecule is CSC(SC)=C(CC(SC)[N+](=O)[O-])[N+](=O)[O-]. The normalized spacial score (nSPS) is 11.9. The van der Waals surface area contributed by atoms with Crippen molar-refractivity contribution >= 4 is 35.3 Å². The summed E-state index contributed by atoms with van der Waals surface area (Å²) in [6, 6.07) is 0. The van der Waals surface area contributed by atoms with Gasteiger partial charge in [0.15, 0.2) is 0 Å². The average Bonchev–Trinajstić information content (AvgIpc) is 2.23. The summed E-state index contributed by atoms with van der Waals surface area (Å²) < 4.78 is 0.519. The minimum Gasteiger partial charge on any atom is -0.263 e. The van der Waals surface area contributed by atoms with Crippen LogP contribution in [0.1, 0.15) is 6.42 Å². The molecule has 92 valence electrons. The molecule has 0 N–H and O–H groups in total. The maximum Gasteiger partial charge on any atom is 0.273 e. The van der Waals surface area contributed by atoms with Gasteiger partial charge in [0.05, 0.1) is 4.92 Å². The number of nitro groups is 2. The van der Waals surface area contributed by atoms with Crippen LogP contribution in [0.5, 0.6) is 0 Å². The molecule has 0 saturated heterocycles. The molecule has 0 aromatic carbocycles. The van der Waals surface area contributed by atoms with Crippen LogP contribution >= 0.6 is 35.3 Å². The molecule has 1 atom stereocenters. The Morgan fingerprint density at radius 2 is 1.69 bits per heavy atom. The van der Waals surface area contributed by atoms with Gasteiger partial charge in [-0.2, -0.15) is 0 Å². The molecule has 0 heterocycles. The van der Waals surface area contributed by atoms with Gasteiger partial charge in [0, 0.05) is 4.92 Å². The van der Waals surface area contributed by atoms with E-state index in [1.807, 2.05) is 0 Å². The molecule has 0 bridgehead atoms. The van der Waals surface area contributed by atoms with E-state index in [2.05, 4.69) is 0 Å². The summed E-state index contributed by atoms with van der Waals surface area (Å²) in [7, 11) is 0. The highest BCUT2D eigenvalue weighted by Gasteiger charge is 2.29. The van der Waals surface area contributed by atoms with E-state index in [4.69, 9.17) is 0 Å². The zero-order valence-electron chi connectivity index (χ0n) is 9.04. The molecule has 0 spiro atoms. The Kier molecular flexibility index (Phi) is 7.60. The summed E-state index contributed by atoms with van der Waals surface area (Å²) in [4.78, 5) is 20.4. The molecule has 0 aromatic rings. The zero-order chi connectivity index (χ0) is 12.7. The summed E-state index contributed by atoms with van der Waals surface area (Å²) in [5, 5.41) is 20.5. The van der Waals surface area contributed by atoms with E-state index < -0.39 is 15.2 Å². The molecule has 0 saturated carbocycles. The van der Waals surface area contributed by atoms with Crippen molar-refractivity contribution in [3.05, 3.63) is 30.2 Å². The van der Waals surface area contributed by atoms with E-state index in [-0.39, 0.29) is 12.1 Å². The molecule has 9 heteroatoms. The van der Waals surface area contributed by atoms with Crippen molar-refractivity contribution in [2.75, 3.05) is 18.8 Å². The van der Waals surface area contributed by atoms with Crippen LogP contribution in [-0.2, 0) is 0 Å². The maximum absolute atomic E-state index is 10.8. The predicted molar refractivity (Wildman–Crippen MR) is 70.0 cm³/mol. The molecule has 0 fully saturated rings. The van der Waals surface area contributed by atoms with Gasteiger partial charge in [-0.15, -0.1) is 23.5 Å². The highest BCUT2D eigenvalue weighted by atomic mass is 32.2. The second-order valence-corrected chi connectivity index (χ2v) is 5.49. The lowest BCUT2D eigenvalue weighted by Crippen LogP contribution is -2.18. The predicted octanol–water partition coefficient (Wildman–Crippen LogP) is 2.51.